The van der Waals surface area contributed by atoms with Crippen LogP contribution in [0, 0.1) is 0 Å². The predicted octanol–water partition coefficient (Wildman–Crippen LogP) is 5.87. The van der Waals surface area contributed by atoms with Crippen LogP contribution in [0.15, 0.2) is 82.8 Å². The highest BCUT2D eigenvalue weighted by Crippen LogP contribution is 2.29. The van der Waals surface area contributed by atoms with Gasteiger partial charge in [0.1, 0.15) is 23.7 Å². The summed E-state index contributed by atoms with van der Waals surface area (Å²) in [6.45, 7) is 3.07. The number of carbonyl (C=O) groups excluding carboxylic acids is 3. The first-order valence-electron chi connectivity index (χ1n) is 11.6. The monoisotopic (exact) mass is 548 g/mol. The summed E-state index contributed by atoms with van der Waals surface area (Å²) in [6.07, 6.45) is 3.40. The number of ether oxygens (including phenoxy) is 2. The number of hydrogen-bond donors (Lipinski definition) is 1. The maximum absolute atomic E-state index is 13.2. The van der Waals surface area contributed by atoms with Crippen LogP contribution in [0.3, 0.4) is 0 Å². The van der Waals surface area contributed by atoms with E-state index in [-0.39, 0.29) is 5.57 Å². The molecule has 0 radical (unpaired) electrons. The van der Waals surface area contributed by atoms with E-state index in [4.69, 9.17) is 9.47 Å². The lowest BCUT2D eigenvalue weighted by Gasteiger charge is -2.26. The molecule has 36 heavy (non-hydrogen) atoms. The van der Waals surface area contributed by atoms with E-state index < -0.39 is 17.8 Å². The quantitative estimate of drug-likeness (QED) is 0.205. The largest absolute Gasteiger partial charge is 0.494 e. The van der Waals surface area contributed by atoms with Crippen molar-refractivity contribution in [2.45, 2.75) is 26.4 Å². The smallest absolute Gasteiger partial charge is 0.335 e. The second-order valence-corrected chi connectivity index (χ2v) is 8.97. The molecule has 1 saturated heterocycles. The van der Waals surface area contributed by atoms with Gasteiger partial charge in [-0.3, -0.25) is 14.9 Å². The van der Waals surface area contributed by atoms with Crippen LogP contribution in [0.4, 0.5) is 10.5 Å². The first-order valence-corrected chi connectivity index (χ1v) is 12.4. The lowest BCUT2D eigenvalue weighted by atomic mass is 10.1. The van der Waals surface area contributed by atoms with Crippen molar-refractivity contribution in [2.24, 2.45) is 0 Å². The van der Waals surface area contributed by atoms with Crippen molar-refractivity contribution in [3.63, 3.8) is 0 Å². The van der Waals surface area contributed by atoms with Gasteiger partial charge in [0.25, 0.3) is 11.8 Å². The van der Waals surface area contributed by atoms with Gasteiger partial charge in [0.2, 0.25) is 0 Å². The number of benzene rings is 3. The number of hydrogen-bond acceptors (Lipinski definition) is 5. The summed E-state index contributed by atoms with van der Waals surface area (Å²) in [5.41, 5.74) is 1.82. The Morgan fingerprint density at radius 3 is 2.39 bits per heavy atom. The Kier molecular flexibility index (Phi) is 8.17. The van der Waals surface area contributed by atoms with E-state index in [1.807, 2.05) is 30.3 Å². The molecule has 0 spiro atoms. The van der Waals surface area contributed by atoms with E-state index in [0.717, 1.165) is 23.3 Å². The molecule has 0 unspecified atom stereocenters. The molecule has 4 amide bonds. The molecule has 0 aromatic heterocycles. The predicted molar refractivity (Wildman–Crippen MR) is 141 cm³/mol. The first-order chi connectivity index (χ1) is 17.5. The molecule has 1 heterocycles. The highest BCUT2D eigenvalue weighted by Gasteiger charge is 2.36. The third-order valence-electron chi connectivity index (χ3n) is 5.47. The van der Waals surface area contributed by atoms with Crippen LogP contribution >= 0.6 is 15.9 Å². The molecule has 0 atom stereocenters. The number of rotatable bonds is 9. The van der Waals surface area contributed by atoms with Gasteiger partial charge in [-0.25, -0.2) is 9.69 Å². The lowest BCUT2D eigenvalue weighted by molar-refractivity contribution is -0.122. The molecule has 8 heteroatoms. The van der Waals surface area contributed by atoms with E-state index in [2.05, 4.69) is 28.2 Å². The zero-order valence-corrected chi connectivity index (χ0v) is 21.3. The fourth-order valence-electron chi connectivity index (χ4n) is 3.54. The van der Waals surface area contributed by atoms with Crippen molar-refractivity contribution in [1.29, 1.82) is 0 Å². The fourth-order valence-corrected chi connectivity index (χ4v) is 4.05. The number of halogens is 1. The van der Waals surface area contributed by atoms with Crippen LogP contribution in [0.1, 0.15) is 30.9 Å². The number of unbranched alkanes of at least 4 members (excludes halogenated alkanes) is 1. The Hall–Kier alpha value is -3.91. The lowest BCUT2D eigenvalue weighted by Crippen LogP contribution is -2.54. The summed E-state index contributed by atoms with van der Waals surface area (Å²) in [5, 5.41) is 2.24. The van der Waals surface area contributed by atoms with Crippen LogP contribution < -0.4 is 19.7 Å². The van der Waals surface area contributed by atoms with Crippen molar-refractivity contribution < 1.29 is 23.9 Å². The minimum absolute atomic E-state index is 0.150. The van der Waals surface area contributed by atoms with E-state index in [9.17, 15) is 14.4 Å². The zero-order chi connectivity index (χ0) is 25.5. The Bertz CT molecular complexity index is 1290. The maximum atomic E-state index is 13.2. The van der Waals surface area contributed by atoms with Gasteiger partial charge in [-0.2, -0.15) is 0 Å². The van der Waals surface area contributed by atoms with Gasteiger partial charge in [0, 0.05) is 0 Å². The SMILES string of the molecule is CCCCOc1ccc(N2C(=O)NC(=O)/C(=C/c3ccc(OCc4ccccc4)c(Br)c3)C2=O)cc1. The van der Waals surface area contributed by atoms with Crippen LogP contribution in [0.25, 0.3) is 6.08 Å². The standard InChI is InChI=1S/C28H25BrN2O5/c1-2-3-15-35-22-12-10-21(11-13-22)31-27(33)23(26(32)30-28(31)34)16-20-9-14-25(24(29)17-20)36-18-19-7-5-4-6-8-19/h4-14,16-17H,2-3,15,18H2,1H3,(H,30,32,34)/b23-16-. The number of carbonyl (C=O) groups is 3. The van der Waals surface area contributed by atoms with Gasteiger partial charge in [-0.15, -0.1) is 0 Å². The minimum atomic E-state index is -0.798. The van der Waals surface area contributed by atoms with Crippen molar-refractivity contribution in [1.82, 2.24) is 5.32 Å². The molecular weight excluding hydrogens is 524 g/mol. The van der Waals surface area contributed by atoms with E-state index in [0.29, 0.717) is 40.4 Å². The van der Waals surface area contributed by atoms with Crippen molar-refractivity contribution in [3.05, 3.63) is 94.0 Å². The first kappa shape index (κ1) is 25.2. The summed E-state index contributed by atoms with van der Waals surface area (Å²) in [5.74, 6) is -0.188. The molecule has 3 aromatic rings. The van der Waals surface area contributed by atoms with Crippen LogP contribution in [0.5, 0.6) is 11.5 Å². The summed E-state index contributed by atoms with van der Waals surface area (Å²) >= 11 is 3.49. The van der Waals surface area contributed by atoms with Crippen molar-refractivity contribution >= 4 is 45.5 Å². The number of urea groups is 1. The van der Waals surface area contributed by atoms with Gasteiger partial charge < -0.3 is 9.47 Å². The number of barbiturate groups is 1. The maximum Gasteiger partial charge on any atom is 0.335 e. The van der Waals surface area contributed by atoms with Gasteiger partial charge in [0.05, 0.1) is 16.8 Å². The van der Waals surface area contributed by atoms with Gasteiger partial charge in [0.15, 0.2) is 0 Å². The molecule has 1 aliphatic rings. The molecule has 1 N–H and O–H groups in total. The van der Waals surface area contributed by atoms with Gasteiger partial charge in [-0.1, -0.05) is 49.7 Å². The summed E-state index contributed by atoms with van der Waals surface area (Å²) in [7, 11) is 0. The summed E-state index contributed by atoms with van der Waals surface area (Å²) in [6, 6.07) is 20.8. The number of imide groups is 2. The third kappa shape index (κ3) is 6.01. The van der Waals surface area contributed by atoms with Gasteiger partial charge >= 0.3 is 6.03 Å². The van der Waals surface area contributed by atoms with Crippen LogP contribution in [-0.4, -0.2) is 24.5 Å². The Morgan fingerprint density at radius 1 is 0.944 bits per heavy atom. The molecule has 4 rings (SSSR count). The van der Waals surface area contributed by atoms with E-state index in [1.54, 1.807) is 42.5 Å². The Labute approximate surface area is 217 Å². The molecular formula is C28H25BrN2O5. The molecule has 3 aromatic carbocycles. The third-order valence-corrected chi connectivity index (χ3v) is 6.09. The summed E-state index contributed by atoms with van der Waals surface area (Å²) < 4.78 is 12.2. The average molecular weight is 549 g/mol. The van der Waals surface area contributed by atoms with E-state index >= 15 is 0 Å². The highest BCUT2D eigenvalue weighted by molar-refractivity contribution is 9.10. The fraction of sp³-hybridized carbons (Fsp3) is 0.179. The van der Waals surface area contributed by atoms with Crippen molar-refractivity contribution in [3.8, 4) is 11.5 Å². The van der Waals surface area contributed by atoms with E-state index in [1.165, 1.54) is 6.08 Å². The normalized spacial score (nSPS) is 14.7. The van der Waals surface area contributed by atoms with Crippen LogP contribution in [-0.2, 0) is 16.2 Å². The van der Waals surface area contributed by atoms with Crippen molar-refractivity contribution in [2.75, 3.05) is 11.5 Å². The number of nitrogens with zero attached hydrogens (tertiary/aromatic N) is 1. The highest BCUT2D eigenvalue weighted by atomic mass is 79.9. The molecule has 1 aliphatic heterocycles. The Morgan fingerprint density at radius 2 is 1.69 bits per heavy atom. The summed E-state index contributed by atoms with van der Waals surface area (Å²) in [4.78, 5) is 39.1. The van der Waals surface area contributed by atoms with Gasteiger partial charge in [-0.05, 0) is 76.0 Å². The van der Waals surface area contributed by atoms with Crippen LogP contribution in [0.2, 0.25) is 0 Å². The number of amides is 4. The molecule has 7 nitrogen and oxygen atoms in total. The Balaban J connectivity index is 1.51. The molecule has 184 valence electrons. The number of nitrogens with one attached hydrogen (secondary N) is 1. The topological polar surface area (TPSA) is 84.9 Å². The number of anilines is 1. The molecule has 1 fully saturated rings. The molecule has 0 aliphatic carbocycles. The second kappa shape index (κ2) is 11.7. The zero-order valence-electron chi connectivity index (χ0n) is 19.7. The minimum Gasteiger partial charge on any atom is -0.494 e. The average Bonchev–Trinajstić information content (AvgIpc) is 2.87. The molecule has 0 saturated carbocycles. The molecule has 0 bridgehead atoms. The second-order valence-electron chi connectivity index (χ2n) is 8.12.